The number of esters is 1. The van der Waals surface area contributed by atoms with Crippen molar-refractivity contribution in [2.24, 2.45) is 11.7 Å². The largest absolute Gasteiger partial charge is 0.481 e. The maximum absolute atomic E-state index is 11.9. The Morgan fingerprint density at radius 2 is 1.88 bits per heavy atom. The fourth-order valence-electron chi connectivity index (χ4n) is 2.90. The topological polar surface area (TPSA) is 108 Å². The highest BCUT2D eigenvalue weighted by molar-refractivity contribution is 5.95. The van der Waals surface area contributed by atoms with E-state index in [4.69, 9.17) is 15.2 Å². The third-order valence-electron chi connectivity index (χ3n) is 4.32. The van der Waals surface area contributed by atoms with Crippen LogP contribution in [-0.4, -0.2) is 37.0 Å². The van der Waals surface area contributed by atoms with Gasteiger partial charge in [-0.25, -0.2) is 4.79 Å². The molecular formula is C18H24N2O5. The first-order chi connectivity index (χ1) is 12.0. The molecule has 0 unspecified atom stereocenters. The summed E-state index contributed by atoms with van der Waals surface area (Å²) in [4.78, 5) is 34.9. The fourth-order valence-corrected chi connectivity index (χ4v) is 2.90. The van der Waals surface area contributed by atoms with Crippen molar-refractivity contribution in [1.29, 1.82) is 0 Å². The molecule has 0 saturated heterocycles. The molecule has 1 aromatic rings. The standard InChI is InChI=1S/C18H24N2O5/c1-12-6-2-4-8-14(12)20-16(21)10-25-17(22)11-24-15-9-5-3-7-13(15)18(19)23/h3,5,7,9,12,14H,2,4,6,8,10-11H2,1H3,(H2,19,23)(H,20,21)/t12-,14-/m0/s1. The third kappa shape index (κ3) is 5.77. The Morgan fingerprint density at radius 1 is 1.16 bits per heavy atom. The zero-order valence-electron chi connectivity index (χ0n) is 14.3. The molecular weight excluding hydrogens is 324 g/mol. The van der Waals surface area contributed by atoms with E-state index in [0.29, 0.717) is 5.92 Å². The highest BCUT2D eigenvalue weighted by Gasteiger charge is 2.23. The maximum atomic E-state index is 11.9. The number of primary amides is 1. The summed E-state index contributed by atoms with van der Waals surface area (Å²) in [7, 11) is 0. The van der Waals surface area contributed by atoms with E-state index in [2.05, 4.69) is 12.2 Å². The van der Waals surface area contributed by atoms with E-state index < -0.39 is 18.5 Å². The molecule has 1 aliphatic rings. The summed E-state index contributed by atoms with van der Waals surface area (Å²) in [6, 6.07) is 6.47. The molecule has 7 nitrogen and oxygen atoms in total. The highest BCUT2D eigenvalue weighted by atomic mass is 16.6. The lowest BCUT2D eigenvalue weighted by Gasteiger charge is -2.29. The lowest BCUT2D eigenvalue weighted by atomic mass is 9.86. The van der Waals surface area contributed by atoms with Crippen LogP contribution in [0.15, 0.2) is 24.3 Å². The van der Waals surface area contributed by atoms with Crippen molar-refractivity contribution in [1.82, 2.24) is 5.32 Å². The maximum Gasteiger partial charge on any atom is 0.344 e. The Labute approximate surface area is 146 Å². The van der Waals surface area contributed by atoms with Crippen molar-refractivity contribution in [3.8, 4) is 5.75 Å². The summed E-state index contributed by atoms with van der Waals surface area (Å²) >= 11 is 0. The molecule has 2 rings (SSSR count). The van der Waals surface area contributed by atoms with Crippen LogP contribution in [0.1, 0.15) is 43.0 Å². The van der Waals surface area contributed by atoms with Crippen LogP contribution in [0.2, 0.25) is 0 Å². The van der Waals surface area contributed by atoms with E-state index in [1.165, 1.54) is 18.6 Å². The Morgan fingerprint density at radius 3 is 2.60 bits per heavy atom. The Balaban J connectivity index is 1.73. The van der Waals surface area contributed by atoms with Crippen molar-refractivity contribution in [3.05, 3.63) is 29.8 Å². The second-order valence-electron chi connectivity index (χ2n) is 6.25. The molecule has 1 aliphatic carbocycles. The van der Waals surface area contributed by atoms with Crippen LogP contribution in [0.25, 0.3) is 0 Å². The number of amides is 2. The summed E-state index contributed by atoms with van der Waals surface area (Å²) in [5.41, 5.74) is 5.41. The monoisotopic (exact) mass is 348 g/mol. The predicted molar refractivity (Wildman–Crippen MR) is 91.0 cm³/mol. The molecule has 7 heteroatoms. The van der Waals surface area contributed by atoms with Crippen molar-refractivity contribution in [3.63, 3.8) is 0 Å². The van der Waals surface area contributed by atoms with E-state index in [9.17, 15) is 14.4 Å². The molecule has 0 aliphatic heterocycles. The van der Waals surface area contributed by atoms with Crippen LogP contribution in [0.3, 0.4) is 0 Å². The van der Waals surface area contributed by atoms with Crippen LogP contribution in [0.5, 0.6) is 5.75 Å². The molecule has 1 saturated carbocycles. The van der Waals surface area contributed by atoms with Gasteiger partial charge in [0.25, 0.3) is 11.8 Å². The molecule has 2 atom stereocenters. The number of nitrogens with one attached hydrogen (secondary N) is 1. The number of carbonyl (C=O) groups is 3. The minimum Gasteiger partial charge on any atom is -0.481 e. The summed E-state index contributed by atoms with van der Waals surface area (Å²) in [5, 5.41) is 2.90. The van der Waals surface area contributed by atoms with Gasteiger partial charge in [0.2, 0.25) is 0 Å². The number of hydrogen-bond acceptors (Lipinski definition) is 5. The van der Waals surface area contributed by atoms with Gasteiger partial charge in [0.15, 0.2) is 13.2 Å². The summed E-state index contributed by atoms with van der Waals surface area (Å²) in [5.74, 6) is -1.02. The van der Waals surface area contributed by atoms with E-state index in [1.54, 1.807) is 12.1 Å². The molecule has 0 aromatic heterocycles. The zero-order valence-corrected chi connectivity index (χ0v) is 14.3. The molecule has 1 fully saturated rings. The van der Waals surface area contributed by atoms with Gasteiger partial charge in [-0.3, -0.25) is 9.59 Å². The number of rotatable bonds is 7. The molecule has 1 aromatic carbocycles. The number of ether oxygens (including phenoxy) is 2. The van der Waals surface area contributed by atoms with Crippen LogP contribution in [0.4, 0.5) is 0 Å². The predicted octanol–water partition coefficient (Wildman–Crippen LogP) is 1.40. The van der Waals surface area contributed by atoms with Gasteiger partial charge in [0.1, 0.15) is 5.75 Å². The molecule has 0 radical (unpaired) electrons. The first-order valence-corrected chi connectivity index (χ1v) is 8.44. The number of benzene rings is 1. The van der Waals surface area contributed by atoms with Crippen molar-refractivity contribution < 1.29 is 23.9 Å². The fraction of sp³-hybridized carbons (Fsp3) is 0.500. The quantitative estimate of drug-likeness (QED) is 0.724. The van der Waals surface area contributed by atoms with Gasteiger partial charge in [-0.2, -0.15) is 0 Å². The van der Waals surface area contributed by atoms with E-state index in [1.807, 2.05) is 0 Å². The normalized spacial score (nSPS) is 19.7. The molecule has 0 spiro atoms. The van der Waals surface area contributed by atoms with Gasteiger partial charge in [0, 0.05) is 6.04 Å². The Kier molecular flexibility index (Phi) is 6.80. The number of nitrogens with two attached hydrogens (primary N) is 1. The van der Waals surface area contributed by atoms with E-state index in [0.717, 1.165) is 19.3 Å². The van der Waals surface area contributed by atoms with Crippen LogP contribution >= 0.6 is 0 Å². The second kappa shape index (κ2) is 9.05. The number of para-hydroxylation sites is 1. The summed E-state index contributed by atoms with van der Waals surface area (Å²) in [6.45, 7) is 1.36. The molecule has 0 heterocycles. The van der Waals surface area contributed by atoms with Crippen LogP contribution in [-0.2, 0) is 14.3 Å². The van der Waals surface area contributed by atoms with Gasteiger partial charge >= 0.3 is 5.97 Å². The second-order valence-corrected chi connectivity index (χ2v) is 6.25. The minimum absolute atomic E-state index is 0.138. The van der Waals surface area contributed by atoms with Crippen molar-refractivity contribution >= 4 is 17.8 Å². The lowest BCUT2D eigenvalue weighted by Crippen LogP contribution is -2.43. The van der Waals surface area contributed by atoms with Crippen molar-refractivity contribution in [2.45, 2.75) is 38.6 Å². The first-order valence-electron chi connectivity index (χ1n) is 8.44. The molecule has 25 heavy (non-hydrogen) atoms. The van der Waals surface area contributed by atoms with E-state index >= 15 is 0 Å². The molecule has 136 valence electrons. The molecule has 2 amide bonds. The van der Waals surface area contributed by atoms with Gasteiger partial charge < -0.3 is 20.5 Å². The van der Waals surface area contributed by atoms with Gasteiger partial charge in [-0.1, -0.05) is 31.9 Å². The average molecular weight is 348 g/mol. The Hall–Kier alpha value is -2.57. The highest BCUT2D eigenvalue weighted by Crippen LogP contribution is 2.23. The third-order valence-corrected chi connectivity index (χ3v) is 4.32. The summed E-state index contributed by atoms with van der Waals surface area (Å²) < 4.78 is 10.2. The van der Waals surface area contributed by atoms with Gasteiger partial charge in [-0.05, 0) is 30.9 Å². The number of carbonyl (C=O) groups excluding carboxylic acids is 3. The first kappa shape index (κ1) is 18.8. The van der Waals surface area contributed by atoms with Crippen molar-refractivity contribution in [2.75, 3.05) is 13.2 Å². The molecule has 3 N–H and O–H groups in total. The SMILES string of the molecule is C[C@H]1CCCC[C@@H]1NC(=O)COC(=O)COc1ccccc1C(N)=O. The van der Waals surface area contributed by atoms with Crippen LogP contribution < -0.4 is 15.8 Å². The number of hydrogen-bond donors (Lipinski definition) is 2. The smallest absolute Gasteiger partial charge is 0.344 e. The zero-order chi connectivity index (χ0) is 18.2. The average Bonchev–Trinajstić information content (AvgIpc) is 2.60. The summed E-state index contributed by atoms with van der Waals surface area (Å²) in [6.07, 6.45) is 4.33. The lowest BCUT2D eigenvalue weighted by molar-refractivity contribution is -0.150. The minimum atomic E-state index is -0.689. The molecule has 0 bridgehead atoms. The van der Waals surface area contributed by atoms with E-state index in [-0.39, 0.29) is 29.9 Å². The Bertz CT molecular complexity index is 632. The van der Waals surface area contributed by atoms with Gasteiger partial charge in [-0.15, -0.1) is 0 Å². The van der Waals surface area contributed by atoms with Crippen LogP contribution in [0, 0.1) is 5.92 Å². The van der Waals surface area contributed by atoms with Gasteiger partial charge in [0.05, 0.1) is 5.56 Å².